The maximum atomic E-state index is 13.5. The Labute approximate surface area is 197 Å². The topological polar surface area (TPSA) is 70.2 Å². The zero-order valence-electron chi connectivity index (χ0n) is 19.7. The van der Waals surface area contributed by atoms with E-state index in [9.17, 15) is 13.2 Å². The molecule has 0 saturated carbocycles. The molecule has 1 atom stereocenters. The summed E-state index contributed by atoms with van der Waals surface area (Å²) in [6.45, 7) is 7.18. The number of sulfonamides is 1. The van der Waals surface area contributed by atoms with Crippen LogP contribution in [0.1, 0.15) is 42.1 Å². The van der Waals surface area contributed by atoms with Crippen molar-refractivity contribution in [2.75, 3.05) is 44.7 Å². The lowest BCUT2D eigenvalue weighted by atomic mass is 10.1. The fraction of sp³-hybridized carbons (Fsp3) is 0.480. The van der Waals surface area contributed by atoms with Crippen molar-refractivity contribution in [2.45, 2.75) is 44.0 Å². The fourth-order valence-corrected chi connectivity index (χ4v) is 6.70. The van der Waals surface area contributed by atoms with E-state index < -0.39 is 10.0 Å². The SMILES string of the molecule is COc1ccc(C(=O)N2CCN(c3ccccc3C)CC2)cc1S(=O)(=O)N1CCCC[C@H]1C. The highest BCUT2D eigenvalue weighted by Gasteiger charge is 2.34. The van der Waals surface area contributed by atoms with Gasteiger partial charge in [0.1, 0.15) is 10.6 Å². The highest BCUT2D eigenvalue weighted by Crippen LogP contribution is 2.32. The van der Waals surface area contributed by atoms with Gasteiger partial charge in [-0.05, 0) is 56.5 Å². The summed E-state index contributed by atoms with van der Waals surface area (Å²) in [5.74, 6) is 0.124. The Kier molecular flexibility index (Phi) is 6.95. The summed E-state index contributed by atoms with van der Waals surface area (Å²) in [6.07, 6.45) is 2.71. The molecule has 0 bridgehead atoms. The van der Waals surface area contributed by atoms with Gasteiger partial charge in [0, 0.05) is 50.0 Å². The molecule has 2 aromatic carbocycles. The lowest BCUT2D eigenvalue weighted by Gasteiger charge is -2.37. The Balaban J connectivity index is 1.54. The normalized spacial score (nSPS) is 20.0. The van der Waals surface area contributed by atoms with Crippen molar-refractivity contribution in [1.29, 1.82) is 0 Å². The molecule has 0 aromatic heterocycles. The first-order valence-corrected chi connectivity index (χ1v) is 13.1. The maximum absolute atomic E-state index is 13.5. The Morgan fingerprint density at radius 1 is 1.00 bits per heavy atom. The van der Waals surface area contributed by atoms with Gasteiger partial charge in [-0.1, -0.05) is 24.6 Å². The number of carbonyl (C=O) groups is 1. The minimum atomic E-state index is -3.76. The number of piperidine rings is 1. The van der Waals surface area contributed by atoms with Crippen LogP contribution in [-0.4, -0.2) is 69.4 Å². The molecule has 0 aliphatic carbocycles. The highest BCUT2D eigenvalue weighted by atomic mass is 32.2. The number of hydrogen-bond donors (Lipinski definition) is 0. The second-order valence-electron chi connectivity index (χ2n) is 8.89. The molecule has 7 nitrogen and oxygen atoms in total. The number of benzene rings is 2. The molecule has 2 aromatic rings. The molecular formula is C25H33N3O4S. The zero-order chi connectivity index (χ0) is 23.6. The molecule has 2 heterocycles. The number of amides is 1. The van der Waals surface area contributed by atoms with E-state index in [1.165, 1.54) is 24.4 Å². The molecule has 2 fully saturated rings. The average Bonchev–Trinajstić information content (AvgIpc) is 2.84. The van der Waals surface area contributed by atoms with Crippen molar-refractivity contribution in [3.8, 4) is 5.75 Å². The van der Waals surface area contributed by atoms with E-state index in [0.717, 1.165) is 32.4 Å². The highest BCUT2D eigenvalue weighted by molar-refractivity contribution is 7.89. The summed E-state index contributed by atoms with van der Waals surface area (Å²) in [6, 6.07) is 12.9. The van der Waals surface area contributed by atoms with Gasteiger partial charge in [0.05, 0.1) is 7.11 Å². The molecule has 0 spiro atoms. The van der Waals surface area contributed by atoms with Crippen LogP contribution in [0.2, 0.25) is 0 Å². The van der Waals surface area contributed by atoms with E-state index in [1.54, 1.807) is 21.3 Å². The smallest absolute Gasteiger partial charge is 0.254 e. The standard InChI is InChI=1S/C25H33N3O4S/c1-19-8-4-5-10-22(19)26-14-16-27(17-15-26)25(29)21-11-12-23(32-3)24(18-21)33(30,31)28-13-7-6-9-20(28)2/h4-5,8,10-12,18,20H,6-7,9,13-17H2,1-3H3/t20-/m1/s1. The lowest BCUT2D eigenvalue weighted by molar-refractivity contribution is 0.0746. The summed E-state index contributed by atoms with van der Waals surface area (Å²) in [7, 11) is -2.30. The minimum absolute atomic E-state index is 0.0673. The van der Waals surface area contributed by atoms with E-state index in [1.807, 2.05) is 19.1 Å². The monoisotopic (exact) mass is 471 g/mol. The van der Waals surface area contributed by atoms with Gasteiger partial charge in [0.25, 0.3) is 5.91 Å². The third-order valence-electron chi connectivity index (χ3n) is 6.76. The number of para-hydroxylation sites is 1. The summed E-state index contributed by atoms with van der Waals surface area (Å²) >= 11 is 0. The molecule has 33 heavy (non-hydrogen) atoms. The van der Waals surface area contributed by atoms with Crippen molar-refractivity contribution < 1.29 is 17.9 Å². The van der Waals surface area contributed by atoms with Gasteiger partial charge < -0.3 is 14.5 Å². The number of ether oxygens (including phenoxy) is 1. The summed E-state index contributed by atoms with van der Waals surface area (Å²) in [5, 5.41) is 0. The van der Waals surface area contributed by atoms with Crippen LogP contribution in [0.15, 0.2) is 47.4 Å². The number of hydrogen-bond acceptors (Lipinski definition) is 5. The van der Waals surface area contributed by atoms with Crippen LogP contribution in [0.3, 0.4) is 0 Å². The molecule has 2 saturated heterocycles. The minimum Gasteiger partial charge on any atom is -0.495 e. The Hall–Kier alpha value is -2.58. The fourth-order valence-electron chi connectivity index (χ4n) is 4.82. The van der Waals surface area contributed by atoms with E-state index in [2.05, 4.69) is 24.0 Å². The Morgan fingerprint density at radius 2 is 1.73 bits per heavy atom. The lowest BCUT2D eigenvalue weighted by Crippen LogP contribution is -2.49. The number of carbonyl (C=O) groups excluding carboxylic acids is 1. The van der Waals surface area contributed by atoms with Crippen molar-refractivity contribution in [2.24, 2.45) is 0 Å². The Morgan fingerprint density at radius 3 is 2.39 bits per heavy atom. The van der Waals surface area contributed by atoms with Crippen LogP contribution in [0.25, 0.3) is 0 Å². The van der Waals surface area contributed by atoms with Crippen molar-refractivity contribution in [3.05, 3.63) is 53.6 Å². The van der Waals surface area contributed by atoms with Gasteiger partial charge in [-0.2, -0.15) is 4.31 Å². The first-order valence-electron chi connectivity index (χ1n) is 11.6. The van der Waals surface area contributed by atoms with Crippen molar-refractivity contribution >= 4 is 21.6 Å². The van der Waals surface area contributed by atoms with Crippen LogP contribution in [-0.2, 0) is 10.0 Å². The van der Waals surface area contributed by atoms with Crippen LogP contribution < -0.4 is 9.64 Å². The number of piperazine rings is 1. The molecule has 8 heteroatoms. The second-order valence-corrected chi connectivity index (χ2v) is 10.8. The number of nitrogens with zero attached hydrogens (tertiary/aromatic N) is 3. The van der Waals surface area contributed by atoms with E-state index in [4.69, 9.17) is 4.74 Å². The maximum Gasteiger partial charge on any atom is 0.254 e. The van der Waals surface area contributed by atoms with Crippen LogP contribution in [0.4, 0.5) is 5.69 Å². The zero-order valence-corrected chi connectivity index (χ0v) is 20.5. The largest absolute Gasteiger partial charge is 0.495 e. The second kappa shape index (κ2) is 9.73. The third-order valence-corrected chi connectivity index (χ3v) is 8.80. The predicted octanol–water partition coefficient (Wildman–Crippen LogP) is 3.53. The first-order chi connectivity index (χ1) is 15.8. The summed E-state index contributed by atoms with van der Waals surface area (Å²) < 4.78 is 33.9. The summed E-state index contributed by atoms with van der Waals surface area (Å²) in [4.78, 5) is 17.5. The quantitative estimate of drug-likeness (QED) is 0.667. The van der Waals surface area contributed by atoms with E-state index in [-0.39, 0.29) is 22.6 Å². The van der Waals surface area contributed by atoms with Gasteiger partial charge in [0.2, 0.25) is 10.0 Å². The van der Waals surface area contributed by atoms with Crippen molar-refractivity contribution in [3.63, 3.8) is 0 Å². The molecular weight excluding hydrogens is 438 g/mol. The van der Waals surface area contributed by atoms with E-state index >= 15 is 0 Å². The predicted molar refractivity (Wildman–Crippen MR) is 129 cm³/mol. The number of aryl methyl sites for hydroxylation is 1. The van der Waals surface area contributed by atoms with Gasteiger partial charge >= 0.3 is 0 Å². The molecule has 0 unspecified atom stereocenters. The number of rotatable bonds is 5. The molecule has 2 aliphatic rings. The number of methoxy groups -OCH3 is 1. The molecule has 0 radical (unpaired) electrons. The molecule has 0 N–H and O–H groups in total. The molecule has 4 rings (SSSR count). The first kappa shape index (κ1) is 23.6. The average molecular weight is 472 g/mol. The van der Waals surface area contributed by atoms with Crippen LogP contribution >= 0.6 is 0 Å². The van der Waals surface area contributed by atoms with Crippen molar-refractivity contribution in [1.82, 2.24) is 9.21 Å². The van der Waals surface area contributed by atoms with Crippen LogP contribution in [0.5, 0.6) is 5.75 Å². The molecule has 2 aliphatic heterocycles. The third kappa shape index (κ3) is 4.73. The Bertz CT molecular complexity index is 1110. The van der Waals surface area contributed by atoms with Gasteiger partial charge in [0.15, 0.2) is 0 Å². The van der Waals surface area contributed by atoms with E-state index in [0.29, 0.717) is 25.2 Å². The van der Waals surface area contributed by atoms with Gasteiger partial charge in [-0.25, -0.2) is 8.42 Å². The van der Waals surface area contributed by atoms with Gasteiger partial charge in [-0.3, -0.25) is 4.79 Å². The number of anilines is 1. The van der Waals surface area contributed by atoms with Crippen LogP contribution in [0, 0.1) is 6.92 Å². The summed E-state index contributed by atoms with van der Waals surface area (Å²) in [5.41, 5.74) is 2.79. The molecule has 1 amide bonds. The molecule has 178 valence electrons. The van der Waals surface area contributed by atoms with Gasteiger partial charge in [-0.15, -0.1) is 0 Å².